The van der Waals surface area contributed by atoms with E-state index in [4.69, 9.17) is 10.5 Å². The van der Waals surface area contributed by atoms with E-state index in [1.165, 1.54) is 29.5 Å². The summed E-state index contributed by atoms with van der Waals surface area (Å²) in [5, 5.41) is 17.3. The zero-order valence-corrected chi connectivity index (χ0v) is 12.9. The smallest absolute Gasteiger partial charge is 0.248 e. The minimum absolute atomic E-state index is 0.123. The minimum atomic E-state index is -0.384. The molecule has 0 radical (unpaired) electrons. The van der Waals surface area contributed by atoms with Gasteiger partial charge in [-0.2, -0.15) is 10.5 Å². The molecule has 1 amide bonds. The summed E-state index contributed by atoms with van der Waals surface area (Å²) in [6.45, 7) is -0.246. The highest BCUT2D eigenvalue weighted by Gasteiger charge is 2.09. The second kappa shape index (κ2) is 7.88. The van der Waals surface area contributed by atoms with Gasteiger partial charge in [-0.15, -0.1) is 11.3 Å². The molecule has 23 heavy (non-hydrogen) atoms. The van der Waals surface area contributed by atoms with E-state index >= 15 is 0 Å². The number of benzene rings is 1. The molecule has 114 valence electrons. The maximum absolute atomic E-state index is 12.9. The van der Waals surface area contributed by atoms with Gasteiger partial charge in [0.05, 0.1) is 12.1 Å². The van der Waals surface area contributed by atoms with E-state index in [9.17, 15) is 9.18 Å². The summed E-state index contributed by atoms with van der Waals surface area (Å²) in [4.78, 5) is 14.9. The molecule has 0 atom stereocenters. The Kier molecular flexibility index (Phi) is 5.62. The summed E-state index contributed by atoms with van der Waals surface area (Å²) in [6, 6.07) is 13.6. The number of hydrogen-bond acceptors (Lipinski definition) is 4. The van der Waals surface area contributed by atoms with E-state index in [1.807, 2.05) is 24.3 Å². The van der Waals surface area contributed by atoms with Gasteiger partial charge in [0.25, 0.3) is 0 Å². The molecule has 0 aliphatic rings. The van der Waals surface area contributed by atoms with Crippen LogP contribution >= 0.6 is 11.3 Å². The van der Waals surface area contributed by atoms with Crippen molar-refractivity contribution in [2.45, 2.75) is 0 Å². The Morgan fingerprint density at radius 3 is 2.39 bits per heavy atom. The molecule has 0 aliphatic carbocycles. The molecule has 0 N–H and O–H groups in total. The molecule has 0 saturated heterocycles. The number of rotatable bonds is 5. The van der Waals surface area contributed by atoms with Crippen LogP contribution < -0.4 is 0 Å². The first-order valence-corrected chi connectivity index (χ1v) is 7.52. The normalized spacial score (nSPS) is 10.2. The van der Waals surface area contributed by atoms with Crippen molar-refractivity contribution in [3.63, 3.8) is 0 Å². The van der Waals surface area contributed by atoms with Crippen LogP contribution in [-0.4, -0.2) is 23.9 Å². The van der Waals surface area contributed by atoms with Crippen LogP contribution in [0.4, 0.5) is 4.39 Å². The third-order valence-corrected chi connectivity index (χ3v) is 4.08. The number of carbonyl (C=O) groups is 1. The number of nitrogens with zero attached hydrogens (tertiary/aromatic N) is 3. The average Bonchev–Trinajstić information content (AvgIpc) is 3.02. The lowest BCUT2D eigenvalue weighted by atomic mass is 10.2. The number of amides is 1. The third-order valence-electron chi connectivity index (χ3n) is 2.98. The molecule has 6 heteroatoms. The van der Waals surface area contributed by atoms with Crippen molar-refractivity contribution in [3.05, 3.63) is 53.2 Å². The topological polar surface area (TPSA) is 67.9 Å². The SMILES string of the molecule is N#CCN(CC#N)C(=O)C=Cc1ccc(-c2ccc(F)cc2)s1. The van der Waals surface area contributed by atoms with E-state index < -0.39 is 0 Å². The standard InChI is InChI=1S/C17H12FN3OS/c18-14-3-1-13(2-4-14)16-7-5-15(23-16)6-8-17(22)21(11-9-19)12-10-20/h1-8H,11-12H2. The van der Waals surface area contributed by atoms with Gasteiger partial charge in [-0.25, -0.2) is 4.39 Å². The van der Waals surface area contributed by atoms with Crippen LogP contribution in [0.1, 0.15) is 4.88 Å². The Labute approximate surface area is 137 Å². The molecular weight excluding hydrogens is 313 g/mol. The van der Waals surface area contributed by atoms with Crippen molar-refractivity contribution < 1.29 is 9.18 Å². The fourth-order valence-corrected chi connectivity index (χ4v) is 2.77. The van der Waals surface area contributed by atoms with Gasteiger partial charge in [0.15, 0.2) is 0 Å². The molecule has 2 aromatic rings. The summed E-state index contributed by atoms with van der Waals surface area (Å²) in [5.41, 5.74) is 0.901. The first kappa shape index (κ1) is 16.4. The number of thiophene rings is 1. The van der Waals surface area contributed by atoms with E-state index in [2.05, 4.69) is 0 Å². The Morgan fingerprint density at radius 2 is 1.78 bits per heavy atom. The highest BCUT2D eigenvalue weighted by molar-refractivity contribution is 7.16. The van der Waals surface area contributed by atoms with Crippen LogP contribution in [0.5, 0.6) is 0 Å². The number of carbonyl (C=O) groups excluding carboxylic acids is 1. The molecule has 0 bridgehead atoms. The lowest BCUT2D eigenvalue weighted by Gasteiger charge is -2.12. The molecule has 1 heterocycles. The van der Waals surface area contributed by atoms with Crippen LogP contribution in [0.25, 0.3) is 16.5 Å². The molecule has 1 aromatic carbocycles. The van der Waals surface area contributed by atoms with Gasteiger partial charge in [0.2, 0.25) is 5.91 Å². The molecule has 0 fully saturated rings. The third kappa shape index (κ3) is 4.50. The van der Waals surface area contributed by atoms with Crippen LogP contribution in [-0.2, 0) is 4.79 Å². The molecule has 0 saturated carbocycles. The average molecular weight is 325 g/mol. The summed E-state index contributed by atoms with van der Waals surface area (Å²) in [5.74, 6) is -0.670. The van der Waals surface area contributed by atoms with Crippen molar-refractivity contribution in [2.75, 3.05) is 13.1 Å². The Morgan fingerprint density at radius 1 is 1.13 bits per heavy atom. The zero-order chi connectivity index (χ0) is 16.7. The summed E-state index contributed by atoms with van der Waals surface area (Å²) in [7, 11) is 0. The van der Waals surface area contributed by atoms with Gasteiger partial charge in [-0.3, -0.25) is 4.79 Å². The molecule has 0 unspecified atom stereocenters. The van der Waals surface area contributed by atoms with Gasteiger partial charge in [-0.05, 0) is 35.9 Å². The number of hydrogen-bond donors (Lipinski definition) is 0. The van der Waals surface area contributed by atoms with Crippen LogP contribution in [0.2, 0.25) is 0 Å². The molecule has 1 aromatic heterocycles. The predicted octanol–water partition coefficient (Wildman–Crippen LogP) is 3.44. The highest BCUT2D eigenvalue weighted by Crippen LogP contribution is 2.28. The number of nitriles is 2. The monoisotopic (exact) mass is 325 g/mol. The maximum atomic E-state index is 12.9. The zero-order valence-electron chi connectivity index (χ0n) is 12.1. The van der Waals surface area contributed by atoms with Crippen molar-refractivity contribution >= 4 is 23.3 Å². The van der Waals surface area contributed by atoms with Crippen LogP contribution in [0.15, 0.2) is 42.5 Å². The van der Waals surface area contributed by atoms with Gasteiger partial charge >= 0.3 is 0 Å². The molecular formula is C17H12FN3OS. The molecule has 4 nitrogen and oxygen atoms in total. The highest BCUT2D eigenvalue weighted by atomic mass is 32.1. The van der Waals surface area contributed by atoms with Crippen molar-refractivity contribution in [1.29, 1.82) is 10.5 Å². The van der Waals surface area contributed by atoms with E-state index in [1.54, 1.807) is 18.2 Å². The van der Waals surface area contributed by atoms with Crippen molar-refractivity contribution in [3.8, 4) is 22.6 Å². The Balaban J connectivity index is 2.09. The first-order chi connectivity index (χ1) is 11.1. The molecule has 0 aliphatic heterocycles. The predicted molar refractivity (Wildman–Crippen MR) is 86.6 cm³/mol. The van der Waals surface area contributed by atoms with E-state index in [0.717, 1.165) is 20.2 Å². The lowest BCUT2D eigenvalue weighted by molar-refractivity contribution is -0.124. The second-order valence-electron chi connectivity index (χ2n) is 4.55. The quantitative estimate of drug-likeness (QED) is 0.624. The van der Waals surface area contributed by atoms with E-state index in [0.29, 0.717) is 0 Å². The van der Waals surface area contributed by atoms with Crippen molar-refractivity contribution in [2.24, 2.45) is 0 Å². The Bertz CT molecular complexity index is 780. The van der Waals surface area contributed by atoms with Crippen LogP contribution in [0, 0.1) is 28.5 Å². The fourth-order valence-electron chi connectivity index (χ4n) is 1.85. The van der Waals surface area contributed by atoms with Gasteiger partial charge in [0, 0.05) is 15.8 Å². The molecule has 2 rings (SSSR count). The summed E-state index contributed by atoms with van der Waals surface area (Å²) in [6.07, 6.45) is 2.98. The number of halogens is 1. The first-order valence-electron chi connectivity index (χ1n) is 6.70. The van der Waals surface area contributed by atoms with Gasteiger partial charge < -0.3 is 4.90 Å². The minimum Gasteiger partial charge on any atom is -0.313 e. The second-order valence-corrected chi connectivity index (χ2v) is 5.67. The summed E-state index contributed by atoms with van der Waals surface area (Å²) < 4.78 is 12.9. The van der Waals surface area contributed by atoms with Crippen LogP contribution in [0.3, 0.4) is 0 Å². The Hall–Kier alpha value is -2.96. The van der Waals surface area contributed by atoms with Gasteiger partial charge in [-0.1, -0.05) is 12.1 Å². The largest absolute Gasteiger partial charge is 0.313 e. The lowest BCUT2D eigenvalue weighted by Crippen LogP contribution is -2.30. The van der Waals surface area contributed by atoms with Crippen molar-refractivity contribution in [1.82, 2.24) is 4.90 Å². The van der Waals surface area contributed by atoms with E-state index in [-0.39, 0.29) is 24.8 Å². The maximum Gasteiger partial charge on any atom is 0.248 e. The molecule has 0 spiro atoms. The fraction of sp³-hybridized carbons (Fsp3) is 0.118. The van der Waals surface area contributed by atoms with Gasteiger partial charge in [0.1, 0.15) is 18.9 Å². The summed E-state index contributed by atoms with van der Waals surface area (Å²) >= 11 is 1.46.